The van der Waals surface area contributed by atoms with Gasteiger partial charge in [-0.1, -0.05) is 25.7 Å². The number of nitrogens with one attached hydrogen (secondary N) is 2. The van der Waals surface area contributed by atoms with Gasteiger partial charge in [-0.2, -0.15) is 0 Å². The molecular formula is C15H20N2O3S. The minimum absolute atomic E-state index is 0.0659. The number of hydrogen-bond acceptors (Lipinski definition) is 4. The molecule has 0 unspecified atom stereocenters. The van der Waals surface area contributed by atoms with Crippen LogP contribution in [0.25, 0.3) is 0 Å². The van der Waals surface area contributed by atoms with Crippen LogP contribution in [-0.2, 0) is 4.79 Å². The predicted molar refractivity (Wildman–Crippen MR) is 83.1 cm³/mol. The molecule has 1 aromatic heterocycles. The van der Waals surface area contributed by atoms with E-state index in [-0.39, 0.29) is 24.8 Å². The molecule has 0 aliphatic carbocycles. The SMILES string of the molecule is CC(C)CNC(=O)CCNC(=O)c1csc(C#CCO)c1. The first-order valence-electron chi connectivity index (χ1n) is 6.76. The summed E-state index contributed by atoms with van der Waals surface area (Å²) in [5, 5.41) is 15.8. The minimum Gasteiger partial charge on any atom is -0.384 e. The van der Waals surface area contributed by atoms with Crippen LogP contribution in [0.15, 0.2) is 11.4 Å². The van der Waals surface area contributed by atoms with E-state index >= 15 is 0 Å². The molecule has 2 amide bonds. The summed E-state index contributed by atoms with van der Waals surface area (Å²) in [6.07, 6.45) is 0.264. The fraction of sp³-hybridized carbons (Fsp3) is 0.467. The van der Waals surface area contributed by atoms with Crippen molar-refractivity contribution < 1.29 is 14.7 Å². The van der Waals surface area contributed by atoms with Crippen LogP contribution in [-0.4, -0.2) is 36.6 Å². The zero-order chi connectivity index (χ0) is 15.7. The van der Waals surface area contributed by atoms with Gasteiger partial charge in [-0.25, -0.2) is 0 Å². The second-order valence-corrected chi connectivity index (χ2v) is 5.77. The van der Waals surface area contributed by atoms with Crippen LogP contribution in [0.4, 0.5) is 0 Å². The normalized spacial score (nSPS) is 9.90. The number of thiophene rings is 1. The van der Waals surface area contributed by atoms with Crippen molar-refractivity contribution in [3.8, 4) is 11.8 Å². The third-order valence-electron chi connectivity index (χ3n) is 2.50. The summed E-state index contributed by atoms with van der Waals surface area (Å²) in [7, 11) is 0. The van der Waals surface area contributed by atoms with E-state index in [0.29, 0.717) is 24.6 Å². The van der Waals surface area contributed by atoms with Crippen LogP contribution < -0.4 is 10.6 Å². The van der Waals surface area contributed by atoms with E-state index in [9.17, 15) is 9.59 Å². The largest absolute Gasteiger partial charge is 0.384 e. The number of aliphatic hydroxyl groups is 1. The molecule has 0 saturated carbocycles. The molecule has 5 nitrogen and oxygen atoms in total. The molecule has 1 rings (SSSR count). The minimum atomic E-state index is -0.222. The first-order valence-corrected chi connectivity index (χ1v) is 7.64. The third kappa shape index (κ3) is 6.93. The summed E-state index contributed by atoms with van der Waals surface area (Å²) < 4.78 is 0. The fourth-order valence-corrected chi connectivity index (χ4v) is 2.20. The quantitative estimate of drug-likeness (QED) is 0.686. The maximum atomic E-state index is 11.8. The average molecular weight is 308 g/mol. The number of carbonyl (C=O) groups is 2. The number of carbonyl (C=O) groups excluding carboxylic acids is 2. The average Bonchev–Trinajstić information content (AvgIpc) is 2.91. The molecule has 1 aromatic rings. The molecule has 0 aliphatic rings. The van der Waals surface area contributed by atoms with Gasteiger partial charge in [0.05, 0.1) is 10.4 Å². The number of hydrogen-bond donors (Lipinski definition) is 3. The van der Waals surface area contributed by atoms with Crippen molar-refractivity contribution in [1.82, 2.24) is 10.6 Å². The lowest BCUT2D eigenvalue weighted by atomic mass is 10.2. The van der Waals surface area contributed by atoms with Gasteiger partial charge >= 0.3 is 0 Å². The monoisotopic (exact) mass is 308 g/mol. The van der Waals surface area contributed by atoms with Crippen LogP contribution in [0.3, 0.4) is 0 Å². The Hall–Kier alpha value is -1.84. The van der Waals surface area contributed by atoms with Crippen molar-refractivity contribution >= 4 is 23.2 Å². The zero-order valence-corrected chi connectivity index (χ0v) is 13.0. The maximum absolute atomic E-state index is 11.8. The van der Waals surface area contributed by atoms with E-state index in [1.54, 1.807) is 11.4 Å². The van der Waals surface area contributed by atoms with Crippen molar-refractivity contribution in [1.29, 1.82) is 0 Å². The van der Waals surface area contributed by atoms with Crippen LogP contribution in [0.2, 0.25) is 0 Å². The van der Waals surface area contributed by atoms with Crippen molar-refractivity contribution in [3.63, 3.8) is 0 Å². The molecule has 0 aromatic carbocycles. The standard InChI is InChI=1S/C15H20N2O3S/c1-11(2)9-17-14(19)5-6-16-15(20)12-8-13(21-10-12)4-3-7-18/h8,10-11,18H,5-7,9H2,1-2H3,(H,16,20)(H,17,19). The van der Waals surface area contributed by atoms with Crippen molar-refractivity contribution in [2.24, 2.45) is 5.92 Å². The maximum Gasteiger partial charge on any atom is 0.252 e. The van der Waals surface area contributed by atoms with E-state index in [1.807, 2.05) is 13.8 Å². The molecule has 0 spiro atoms. The highest BCUT2D eigenvalue weighted by Crippen LogP contribution is 2.13. The molecule has 21 heavy (non-hydrogen) atoms. The summed E-state index contributed by atoms with van der Waals surface area (Å²) >= 11 is 1.34. The number of aliphatic hydroxyl groups excluding tert-OH is 1. The van der Waals surface area contributed by atoms with E-state index in [4.69, 9.17) is 5.11 Å². The van der Waals surface area contributed by atoms with Crippen molar-refractivity contribution in [3.05, 3.63) is 21.9 Å². The highest BCUT2D eigenvalue weighted by atomic mass is 32.1. The Morgan fingerprint density at radius 2 is 2.14 bits per heavy atom. The highest BCUT2D eigenvalue weighted by molar-refractivity contribution is 7.10. The molecule has 3 N–H and O–H groups in total. The molecule has 114 valence electrons. The van der Waals surface area contributed by atoms with Crippen LogP contribution in [0.5, 0.6) is 0 Å². The molecule has 6 heteroatoms. The van der Waals surface area contributed by atoms with Crippen LogP contribution in [0, 0.1) is 17.8 Å². The Morgan fingerprint density at radius 1 is 1.38 bits per heavy atom. The molecule has 0 atom stereocenters. The molecular weight excluding hydrogens is 288 g/mol. The number of rotatable bonds is 6. The van der Waals surface area contributed by atoms with Gasteiger partial charge in [0.1, 0.15) is 6.61 Å². The van der Waals surface area contributed by atoms with E-state index < -0.39 is 0 Å². The van der Waals surface area contributed by atoms with E-state index in [0.717, 1.165) is 4.88 Å². The van der Waals surface area contributed by atoms with Gasteiger partial charge in [0.25, 0.3) is 5.91 Å². The Morgan fingerprint density at radius 3 is 2.81 bits per heavy atom. The van der Waals surface area contributed by atoms with E-state index in [1.165, 1.54) is 11.3 Å². The second-order valence-electron chi connectivity index (χ2n) is 4.86. The van der Waals surface area contributed by atoms with Crippen molar-refractivity contribution in [2.45, 2.75) is 20.3 Å². The van der Waals surface area contributed by atoms with Gasteiger partial charge in [-0.05, 0) is 12.0 Å². The molecule has 0 radical (unpaired) electrons. The lowest BCUT2D eigenvalue weighted by Crippen LogP contribution is -2.32. The predicted octanol–water partition coefficient (Wildman–Crippen LogP) is 0.984. The summed E-state index contributed by atoms with van der Waals surface area (Å²) in [5.74, 6) is 5.40. The van der Waals surface area contributed by atoms with Gasteiger partial charge in [0, 0.05) is 24.9 Å². The van der Waals surface area contributed by atoms with Crippen LogP contribution >= 0.6 is 11.3 Å². The topological polar surface area (TPSA) is 78.4 Å². The van der Waals surface area contributed by atoms with Crippen molar-refractivity contribution in [2.75, 3.05) is 19.7 Å². The lowest BCUT2D eigenvalue weighted by molar-refractivity contribution is -0.121. The zero-order valence-electron chi connectivity index (χ0n) is 12.2. The smallest absolute Gasteiger partial charge is 0.252 e. The summed E-state index contributed by atoms with van der Waals surface area (Å²) in [6, 6.07) is 1.67. The Balaban J connectivity index is 2.33. The molecule has 0 fully saturated rings. The summed E-state index contributed by atoms with van der Waals surface area (Å²) in [5.41, 5.74) is 0.518. The van der Waals surface area contributed by atoms with Crippen LogP contribution in [0.1, 0.15) is 35.5 Å². The number of amides is 2. The van der Waals surface area contributed by atoms with E-state index in [2.05, 4.69) is 22.5 Å². The third-order valence-corrected chi connectivity index (χ3v) is 3.34. The Bertz CT molecular complexity index is 541. The first-order chi connectivity index (χ1) is 10.0. The summed E-state index contributed by atoms with van der Waals surface area (Å²) in [4.78, 5) is 24.1. The first kappa shape index (κ1) is 17.2. The van der Waals surface area contributed by atoms with Gasteiger partial charge in [0.15, 0.2) is 0 Å². The van der Waals surface area contributed by atoms with Gasteiger partial charge < -0.3 is 15.7 Å². The van der Waals surface area contributed by atoms with Gasteiger partial charge in [-0.3, -0.25) is 9.59 Å². The Kier molecular flexibility index (Phi) is 7.51. The Labute approximate surface area is 128 Å². The fourth-order valence-electron chi connectivity index (χ4n) is 1.45. The highest BCUT2D eigenvalue weighted by Gasteiger charge is 2.08. The van der Waals surface area contributed by atoms with Gasteiger partial charge in [-0.15, -0.1) is 11.3 Å². The van der Waals surface area contributed by atoms with Gasteiger partial charge in [0.2, 0.25) is 5.91 Å². The second kappa shape index (κ2) is 9.16. The molecule has 0 bridgehead atoms. The lowest BCUT2D eigenvalue weighted by Gasteiger charge is -2.07. The molecule has 0 saturated heterocycles. The molecule has 1 heterocycles. The molecule has 0 aliphatic heterocycles. The summed E-state index contributed by atoms with van der Waals surface area (Å²) in [6.45, 7) is 4.79.